The minimum Gasteiger partial charge on any atom is -0.336 e. The zero-order chi connectivity index (χ0) is 16.4. The van der Waals surface area contributed by atoms with Gasteiger partial charge in [0, 0.05) is 22.6 Å². The number of carbonyl (C=O) groups excluding carboxylic acids is 1. The van der Waals surface area contributed by atoms with Crippen molar-refractivity contribution in [1.82, 2.24) is 4.90 Å². The predicted octanol–water partition coefficient (Wildman–Crippen LogP) is 2.67. The average molecular weight is 377 g/mol. The highest BCUT2D eigenvalue weighted by molar-refractivity contribution is 9.10. The fourth-order valence-corrected chi connectivity index (χ4v) is 3.49. The topological polar surface area (TPSA) is 80.5 Å². The Hall–Kier alpha value is -0.920. The van der Waals surface area contributed by atoms with Gasteiger partial charge in [-0.3, -0.25) is 4.79 Å². The molecule has 2 N–H and O–H groups in total. The van der Waals surface area contributed by atoms with Gasteiger partial charge >= 0.3 is 0 Å². The molecule has 0 atom stereocenters. The van der Waals surface area contributed by atoms with E-state index in [1.165, 1.54) is 6.07 Å². The molecule has 1 rings (SSSR count). The normalized spacial score (nSPS) is 11.8. The molecule has 0 radical (unpaired) electrons. The van der Waals surface area contributed by atoms with Crippen molar-refractivity contribution in [3.63, 3.8) is 0 Å². The summed E-state index contributed by atoms with van der Waals surface area (Å²) >= 11 is 3.29. The van der Waals surface area contributed by atoms with Gasteiger partial charge in [0.15, 0.2) is 0 Å². The van der Waals surface area contributed by atoms with Crippen LogP contribution in [0.2, 0.25) is 0 Å². The molecular formula is C14H21BrN2O3S. The van der Waals surface area contributed by atoms with Gasteiger partial charge in [0.05, 0.1) is 4.90 Å². The molecule has 0 saturated carbocycles. The average Bonchev–Trinajstić information content (AvgIpc) is 2.36. The summed E-state index contributed by atoms with van der Waals surface area (Å²) in [5, 5.41) is 5.22. The first-order valence-corrected chi connectivity index (χ1v) is 9.07. The molecule has 0 saturated heterocycles. The number of halogens is 1. The van der Waals surface area contributed by atoms with Gasteiger partial charge in [-0.1, -0.05) is 22.9 Å². The summed E-state index contributed by atoms with van der Waals surface area (Å²) in [6.07, 6.45) is 0.832. The molecule has 1 amide bonds. The Morgan fingerprint density at radius 2 is 1.95 bits per heavy atom. The van der Waals surface area contributed by atoms with Crippen LogP contribution in [-0.4, -0.2) is 31.8 Å². The molecular weight excluding hydrogens is 356 g/mol. The molecule has 1 aromatic rings. The van der Waals surface area contributed by atoms with E-state index >= 15 is 0 Å². The number of primary sulfonamides is 1. The third-order valence-corrected chi connectivity index (χ3v) is 5.06. The van der Waals surface area contributed by atoms with Crippen LogP contribution in [0.15, 0.2) is 21.5 Å². The summed E-state index contributed by atoms with van der Waals surface area (Å²) in [5.41, 5.74) is 0.819. The molecule has 0 bridgehead atoms. The maximum absolute atomic E-state index is 12.6. The minimum atomic E-state index is -3.87. The highest BCUT2D eigenvalue weighted by atomic mass is 79.9. The molecule has 118 valence electrons. The maximum Gasteiger partial charge on any atom is 0.254 e. The summed E-state index contributed by atoms with van der Waals surface area (Å²) in [5.74, 6) is -0.197. The van der Waals surface area contributed by atoms with Crippen molar-refractivity contribution in [1.29, 1.82) is 0 Å². The van der Waals surface area contributed by atoms with E-state index in [4.69, 9.17) is 5.14 Å². The number of amides is 1. The van der Waals surface area contributed by atoms with Gasteiger partial charge in [0.1, 0.15) is 0 Å². The highest BCUT2D eigenvalue weighted by Crippen LogP contribution is 2.26. The lowest BCUT2D eigenvalue weighted by Gasteiger charge is -2.26. The van der Waals surface area contributed by atoms with Crippen LogP contribution in [0.3, 0.4) is 0 Å². The van der Waals surface area contributed by atoms with Crippen molar-refractivity contribution in [2.45, 2.75) is 45.1 Å². The standard InChI is InChI=1S/C14H21BrN2O3S/c1-5-6-17(9(2)3)14(18)11-7-12(15)10(4)13(8-11)21(16,19)20/h7-9H,5-6H2,1-4H3,(H2,16,19,20). The molecule has 0 fully saturated rings. The van der Waals surface area contributed by atoms with Crippen LogP contribution in [0.5, 0.6) is 0 Å². The van der Waals surface area contributed by atoms with Crippen molar-refractivity contribution in [2.24, 2.45) is 5.14 Å². The van der Waals surface area contributed by atoms with Crippen LogP contribution in [-0.2, 0) is 10.0 Å². The van der Waals surface area contributed by atoms with Crippen molar-refractivity contribution in [3.05, 3.63) is 27.7 Å². The number of hydrogen-bond donors (Lipinski definition) is 1. The van der Waals surface area contributed by atoms with Crippen LogP contribution < -0.4 is 5.14 Å². The fourth-order valence-electron chi connectivity index (χ4n) is 2.07. The first-order valence-electron chi connectivity index (χ1n) is 6.73. The Morgan fingerprint density at radius 1 is 1.38 bits per heavy atom. The Bertz CT molecular complexity index is 642. The van der Waals surface area contributed by atoms with E-state index in [0.717, 1.165) is 6.42 Å². The molecule has 5 nitrogen and oxygen atoms in total. The molecule has 0 unspecified atom stereocenters. The second kappa shape index (κ2) is 6.89. The lowest BCUT2D eigenvalue weighted by Crippen LogP contribution is -2.37. The second-order valence-electron chi connectivity index (χ2n) is 5.22. The van der Waals surface area contributed by atoms with E-state index in [1.807, 2.05) is 20.8 Å². The van der Waals surface area contributed by atoms with Gasteiger partial charge in [0.2, 0.25) is 10.0 Å². The van der Waals surface area contributed by atoms with Crippen LogP contribution >= 0.6 is 15.9 Å². The lowest BCUT2D eigenvalue weighted by atomic mass is 10.1. The first-order chi connectivity index (χ1) is 9.59. The van der Waals surface area contributed by atoms with Gasteiger partial charge in [-0.2, -0.15) is 0 Å². The van der Waals surface area contributed by atoms with Gasteiger partial charge in [0.25, 0.3) is 5.91 Å². The molecule has 1 aromatic carbocycles. The Balaban J connectivity index is 3.38. The molecule has 0 aliphatic carbocycles. The molecule has 0 heterocycles. The molecule has 7 heteroatoms. The van der Waals surface area contributed by atoms with Crippen molar-refractivity contribution in [3.8, 4) is 0 Å². The van der Waals surface area contributed by atoms with Crippen LogP contribution in [0.1, 0.15) is 43.1 Å². The van der Waals surface area contributed by atoms with E-state index in [0.29, 0.717) is 22.1 Å². The Morgan fingerprint density at radius 3 is 2.38 bits per heavy atom. The number of carbonyl (C=O) groups is 1. The molecule has 0 spiro atoms. The Kier molecular flexibility index (Phi) is 5.95. The van der Waals surface area contributed by atoms with Gasteiger partial charge in [-0.05, 0) is 44.9 Å². The van der Waals surface area contributed by atoms with Crippen molar-refractivity contribution >= 4 is 31.9 Å². The number of benzene rings is 1. The first kappa shape index (κ1) is 18.1. The van der Waals surface area contributed by atoms with E-state index in [9.17, 15) is 13.2 Å². The number of rotatable bonds is 5. The summed E-state index contributed by atoms with van der Waals surface area (Å²) in [4.78, 5) is 14.3. The van der Waals surface area contributed by atoms with Gasteiger partial charge < -0.3 is 4.90 Å². The van der Waals surface area contributed by atoms with Crippen LogP contribution in [0, 0.1) is 6.92 Å². The predicted molar refractivity (Wildman–Crippen MR) is 86.7 cm³/mol. The van der Waals surface area contributed by atoms with E-state index in [2.05, 4.69) is 15.9 Å². The van der Waals surface area contributed by atoms with E-state index in [1.54, 1.807) is 17.9 Å². The number of nitrogens with zero attached hydrogens (tertiary/aromatic N) is 1. The zero-order valence-electron chi connectivity index (χ0n) is 12.7. The highest BCUT2D eigenvalue weighted by Gasteiger charge is 2.22. The monoisotopic (exact) mass is 376 g/mol. The maximum atomic E-state index is 12.6. The van der Waals surface area contributed by atoms with E-state index < -0.39 is 10.0 Å². The summed E-state index contributed by atoms with van der Waals surface area (Å²) in [7, 11) is -3.87. The fraction of sp³-hybridized carbons (Fsp3) is 0.500. The number of hydrogen-bond acceptors (Lipinski definition) is 3. The molecule has 0 aliphatic heterocycles. The third-order valence-electron chi connectivity index (χ3n) is 3.20. The second-order valence-corrected chi connectivity index (χ2v) is 7.60. The SMILES string of the molecule is CCCN(C(=O)c1cc(Br)c(C)c(S(N)(=O)=O)c1)C(C)C. The van der Waals surface area contributed by atoms with Gasteiger partial charge in [-0.25, -0.2) is 13.6 Å². The quantitative estimate of drug-likeness (QED) is 0.857. The minimum absolute atomic E-state index is 0.0274. The molecule has 0 aliphatic rings. The number of sulfonamides is 1. The van der Waals surface area contributed by atoms with Gasteiger partial charge in [-0.15, -0.1) is 0 Å². The summed E-state index contributed by atoms with van der Waals surface area (Å²) in [6.45, 7) is 8.11. The smallest absolute Gasteiger partial charge is 0.254 e. The summed E-state index contributed by atoms with van der Waals surface area (Å²) in [6, 6.07) is 3.02. The van der Waals surface area contributed by atoms with Crippen molar-refractivity contribution < 1.29 is 13.2 Å². The van der Waals surface area contributed by atoms with E-state index in [-0.39, 0.29) is 16.8 Å². The molecule has 0 aromatic heterocycles. The third kappa shape index (κ3) is 4.28. The van der Waals surface area contributed by atoms with Crippen LogP contribution in [0.25, 0.3) is 0 Å². The zero-order valence-corrected chi connectivity index (χ0v) is 15.1. The van der Waals surface area contributed by atoms with Crippen LogP contribution in [0.4, 0.5) is 0 Å². The van der Waals surface area contributed by atoms with Crippen molar-refractivity contribution in [2.75, 3.05) is 6.54 Å². The Labute approximate surface area is 134 Å². The lowest BCUT2D eigenvalue weighted by molar-refractivity contribution is 0.0705. The number of nitrogens with two attached hydrogens (primary N) is 1. The largest absolute Gasteiger partial charge is 0.336 e. The molecule has 21 heavy (non-hydrogen) atoms. The summed E-state index contributed by atoms with van der Waals surface area (Å²) < 4.78 is 23.8.